The van der Waals surface area contributed by atoms with Crippen molar-refractivity contribution in [2.45, 2.75) is 57.7 Å². The van der Waals surface area contributed by atoms with Crippen LogP contribution in [0.4, 0.5) is 0 Å². The third kappa shape index (κ3) is 5.82. The third-order valence-corrected chi connectivity index (χ3v) is 6.41. The minimum absolute atomic E-state index is 0. The Morgan fingerprint density at radius 3 is 2.43 bits per heavy atom. The fourth-order valence-electron chi connectivity index (χ4n) is 4.16. The Kier molecular flexibility index (Phi) is 8.71. The standard InChI is InChI=1S/C25H27Cl2NO.ClH/c26-20-13-11-19(24(27)15-20)17-29-25-14-12-18-7-5-6-10-22(18)23(25)16-28-21-8-3-1-2-4-9-21;/h5-7,10-15,21,28H,1-4,8-9,16-17H2;1H. The number of nitrogens with one attached hydrogen (secondary N) is 1. The average Bonchev–Trinajstić information content (AvgIpc) is 3.01. The van der Waals surface area contributed by atoms with E-state index in [1.807, 2.05) is 12.1 Å². The predicted octanol–water partition coefficient (Wildman–Crippen LogP) is 7.96. The Bertz CT molecular complexity index is 968. The van der Waals surface area contributed by atoms with Gasteiger partial charge in [0, 0.05) is 33.8 Å². The van der Waals surface area contributed by atoms with Gasteiger partial charge >= 0.3 is 0 Å². The first-order valence-electron chi connectivity index (χ1n) is 10.5. The molecule has 0 aliphatic heterocycles. The van der Waals surface area contributed by atoms with Crippen molar-refractivity contribution in [1.29, 1.82) is 0 Å². The first kappa shape index (κ1) is 23.2. The van der Waals surface area contributed by atoms with E-state index in [-0.39, 0.29) is 12.4 Å². The molecule has 0 heterocycles. The lowest BCUT2D eigenvalue weighted by molar-refractivity contribution is 0.302. The molecule has 0 atom stereocenters. The van der Waals surface area contributed by atoms with Gasteiger partial charge in [-0.05, 0) is 41.8 Å². The predicted molar refractivity (Wildman–Crippen MR) is 130 cm³/mol. The zero-order chi connectivity index (χ0) is 20.1. The molecule has 0 bridgehead atoms. The Labute approximate surface area is 195 Å². The zero-order valence-corrected chi connectivity index (χ0v) is 19.3. The van der Waals surface area contributed by atoms with Crippen LogP contribution in [0.2, 0.25) is 10.0 Å². The smallest absolute Gasteiger partial charge is 0.124 e. The highest BCUT2D eigenvalue weighted by atomic mass is 35.5. The summed E-state index contributed by atoms with van der Waals surface area (Å²) in [5.41, 5.74) is 2.16. The topological polar surface area (TPSA) is 21.3 Å². The molecule has 1 saturated carbocycles. The lowest BCUT2D eigenvalue weighted by Crippen LogP contribution is -2.28. The van der Waals surface area contributed by atoms with Gasteiger partial charge in [0.05, 0.1) is 0 Å². The molecule has 1 fully saturated rings. The number of hydrogen-bond acceptors (Lipinski definition) is 2. The maximum atomic E-state index is 6.33. The summed E-state index contributed by atoms with van der Waals surface area (Å²) < 4.78 is 6.25. The highest BCUT2D eigenvalue weighted by Gasteiger charge is 2.15. The lowest BCUT2D eigenvalue weighted by atomic mass is 10.0. The molecule has 160 valence electrons. The largest absolute Gasteiger partial charge is 0.488 e. The van der Waals surface area contributed by atoms with Gasteiger partial charge in [0.1, 0.15) is 12.4 Å². The first-order chi connectivity index (χ1) is 14.2. The van der Waals surface area contributed by atoms with Gasteiger partial charge < -0.3 is 10.1 Å². The Morgan fingerprint density at radius 1 is 0.900 bits per heavy atom. The summed E-state index contributed by atoms with van der Waals surface area (Å²) in [5, 5.41) is 7.56. The summed E-state index contributed by atoms with van der Waals surface area (Å²) >= 11 is 12.3. The van der Waals surface area contributed by atoms with Crippen LogP contribution < -0.4 is 10.1 Å². The van der Waals surface area contributed by atoms with Gasteiger partial charge in [0.2, 0.25) is 0 Å². The van der Waals surface area contributed by atoms with E-state index in [0.717, 1.165) is 17.9 Å². The average molecular weight is 465 g/mol. The lowest BCUT2D eigenvalue weighted by Gasteiger charge is -2.20. The minimum Gasteiger partial charge on any atom is -0.488 e. The van der Waals surface area contributed by atoms with Crippen molar-refractivity contribution < 1.29 is 4.74 Å². The number of ether oxygens (including phenoxy) is 1. The molecule has 2 nitrogen and oxygen atoms in total. The monoisotopic (exact) mass is 463 g/mol. The van der Waals surface area contributed by atoms with Crippen LogP contribution in [0.1, 0.15) is 49.7 Å². The van der Waals surface area contributed by atoms with Crippen molar-refractivity contribution >= 4 is 46.4 Å². The molecular formula is C25H28Cl3NO. The summed E-state index contributed by atoms with van der Waals surface area (Å²) in [6.45, 7) is 1.24. The van der Waals surface area contributed by atoms with E-state index in [9.17, 15) is 0 Å². The fraction of sp³-hybridized carbons (Fsp3) is 0.360. The highest BCUT2D eigenvalue weighted by Crippen LogP contribution is 2.30. The van der Waals surface area contributed by atoms with Crippen molar-refractivity contribution in [2.75, 3.05) is 0 Å². The van der Waals surface area contributed by atoms with Crippen LogP contribution in [0.5, 0.6) is 5.75 Å². The molecule has 5 heteroatoms. The van der Waals surface area contributed by atoms with Crippen molar-refractivity contribution in [3.8, 4) is 5.75 Å². The number of fused-ring (bicyclic) bond motifs is 1. The summed E-state index contributed by atoms with van der Waals surface area (Å²) in [6, 6.07) is 18.9. The molecule has 1 aliphatic rings. The van der Waals surface area contributed by atoms with Gasteiger partial charge in [-0.3, -0.25) is 0 Å². The molecule has 1 N–H and O–H groups in total. The molecule has 1 aliphatic carbocycles. The van der Waals surface area contributed by atoms with E-state index in [2.05, 4.69) is 41.7 Å². The molecule has 0 spiro atoms. The van der Waals surface area contributed by atoms with Crippen molar-refractivity contribution in [1.82, 2.24) is 5.32 Å². The highest BCUT2D eigenvalue weighted by molar-refractivity contribution is 6.35. The van der Waals surface area contributed by atoms with Crippen LogP contribution in [0.3, 0.4) is 0 Å². The second-order valence-electron chi connectivity index (χ2n) is 7.86. The normalized spacial score (nSPS) is 14.9. The van der Waals surface area contributed by atoms with Crippen molar-refractivity contribution in [2.24, 2.45) is 0 Å². The molecule has 0 radical (unpaired) electrons. The van der Waals surface area contributed by atoms with E-state index < -0.39 is 0 Å². The molecule has 3 aromatic carbocycles. The summed E-state index contributed by atoms with van der Waals surface area (Å²) in [6.07, 6.45) is 7.91. The van der Waals surface area contributed by atoms with Gasteiger partial charge in [0.25, 0.3) is 0 Å². The van der Waals surface area contributed by atoms with E-state index >= 15 is 0 Å². The van der Waals surface area contributed by atoms with Crippen LogP contribution in [0.25, 0.3) is 10.8 Å². The minimum atomic E-state index is 0. The number of rotatable bonds is 6. The molecule has 0 amide bonds. The van der Waals surface area contributed by atoms with Gasteiger partial charge in [-0.1, -0.05) is 85.3 Å². The van der Waals surface area contributed by atoms with E-state index in [4.69, 9.17) is 27.9 Å². The van der Waals surface area contributed by atoms with Gasteiger partial charge in [0.15, 0.2) is 0 Å². The maximum Gasteiger partial charge on any atom is 0.124 e. The quantitative estimate of drug-likeness (QED) is 0.373. The van der Waals surface area contributed by atoms with Crippen LogP contribution in [-0.4, -0.2) is 6.04 Å². The number of halogens is 3. The molecule has 0 unspecified atom stereocenters. The van der Waals surface area contributed by atoms with Crippen molar-refractivity contribution in [3.05, 3.63) is 75.8 Å². The second-order valence-corrected chi connectivity index (χ2v) is 8.70. The van der Waals surface area contributed by atoms with Gasteiger partial charge in [-0.2, -0.15) is 0 Å². The Morgan fingerprint density at radius 2 is 1.67 bits per heavy atom. The summed E-state index contributed by atoms with van der Waals surface area (Å²) in [7, 11) is 0. The van der Waals surface area contributed by atoms with E-state index in [0.29, 0.717) is 22.7 Å². The number of benzene rings is 3. The molecule has 0 saturated heterocycles. The van der Waals surface area contributed by atoms with E-state index in [1.54, 1.807) is 6.07 Å². The molecule has 4 rings (SSSR count). The molecule has 0 aromatic heterocycles. The molecule has 3 aromatic rings. The van der Waals surface area contributed by atoms with E-state index in [1.165, 1.54) is 54.9 Å². The SMILES string of the molecule is Cl.Clc1ccc(COc2ccc3ccccc3c2CNC2CCCCCC2)c(Cl)c1. The van der Waals surface area contributed by atoms with Gasteiger partial charge in [-0.15, -0.1) is 12.4 Å². The third-order valence-electron chi connectivity index (χ3n) is 5.82. The van der Waals surface area contributed by atoms with Crippen molar-refractivity contribution in [3.63, 3.8) is 0 Å². The molecule has 30 heavy (non-hydrogen) atoms. The first-order valence-corrected chi connectivity index (χ1v) is 11.3. The van der Waals surface area contributed by atoms with Crippen LogP contribution >= 0.6 is 35.6 Å². The number of hydrogen-bond donors (Lipinski definition) is 1. The maximum absolute atomic E-state index is 6.33. The fourth-order valence-corrected chi connectivity index (χ4v) is 4.62. The second kappa shape index (κ2) is 11.2. The van der Waals surface area contributed by atoms with Gasteiger partial charge in [-0.25, -0.2) is 0 Å². The van der Waals surface area contributed by atoms with Crippen LogP contribution in [-0.2, 0) is 13.2 Å². The summed E-state index contributed by atoms with van der Waals surface area (Å²) in [4.78, 5) is 0. The Hall–Kier alpha value is -1.45. The molecular weight excluding hydrogens is 437 g/mol. The zero-order valence-electron chi connectivity index (χ0n) is 17.0. The summed E-state index contributed by atoms with van der Waals surface area (Å²) in [5.74, 6) is 0.913. The van der Waals surface area contributed by atoms with Crippen LogP contribution in [0, 0.1) is 0 Å². The Balaban J connectivity index is 0.00000256. The van der Waals surface area contributed by atoms with Crippen LogP contribution in [0.15, 0.2) is 54.6 Å².